The molecule has 0 fully saturated rings. The fraction of sp³-hybridized carbons (Fsp3) is 0.0833. The molecule has 0 aromatic heterocycles. The second kappa shape index (κ2) is 12.8. The Balaban J connectivity index is 1.41. The van der Waals surface area contributed by atoms with Gasteiger partial charge in [-0.05, 0) is 100.0 Å². The smallest absolute Gasteiger partial charge is 0.341 e. The normalized spacial score (nSPS) is 10.6. The van der Waals surface area contributed by atoms with Crippen molar-refractivity contribution in [3.63, 3.8) is 0 Å². The molecular formula is C36H32N2O4. The molecule has 210 valence electrons. The predicted molar refractivity (Wildman–Crippen MR) is 169 cm³/mol. The van der Waals surface area contributed by atoms with Crippen LogP contribution in [0.25, 0.3) is 27.8 Å². The quantitative estimate of drug-likeness (QED) is 0.154. The van der Waals surface area contributed by atoms with E-state index in [2.05, 4.69) is 54.6 Å². The number of aliphatic carboxylic acids is 1. The van der Waals surface area contributed by atoms with Gasteiger partial charge < -0.3 is 26.0 Å². The SMILES string of the molecule is Cc1cc(OCC=C(c2ccc(-c3cccc(N)c3)cc2)c2ccc(-c3cccc(N)c3)cc2)ccc1OCC(=O)O. The van der Waals surface area contributed by atoms with Gasteiger partial charge in [0.05, 0.1) is 0 Å². The number of carboxylic acid groups (broad SMARTS) is 1. The predicted octanol–water partition coefficient (Wildman–Crippen LogP) is 7.47. The number of rotatable bonds is 10. The van der Waals surface area contributed by atoms with E-state index in [-0.39, 0.29) is 6.61 Å². The second-order valence-electron chi connectivity index (χ2n) is 9.94. The summed E-state index contributed by atoms with van der Waals surface area (Å²) in [4.78, 5) is 10.8. The molecule has 0 unspecified atom stereocenters. The number of carboxylic acids is 1. The van der Waals surface area contributed by atoms with Crippen molar-refractivity contribution < 1.29 is 19.4 Å². The van der Waals surface area contributed by atoms with Gasteiger partial charge in [-0.15, -0.1) is 0 Å². The van der Waals surface area contributed by atoms with E-state index in [1.165, 1.54) is 0 Å². The highest BCUT2D eigenvalue weighted by molar-refractivity contribution is 5.82. The highest BCUT2D eigenvalue weighted by Crippen LogP contribution is 2.30. The number of benzene rings is 5. The van der Waals surface area contributed by atoms with Crippen molar-refractivity contribution in [2.24, 2.45) is 0 Å². The molecule has 0 amide bonds. The number of hydrogen-bond donors (Lipinski definition) is 3. The zero-order valence-electron chi connectivity index (χ0n) is 23.3. The van der Waals surface area contributed by atoms with Crippen LogP contribution in [0.1, 0.15) is 16.7 Å². The summed E-state index contributed by atoms with van der Waals surface area (Å²) in [5.74, 6) is 0.163. The minimum absolute atomic E-state index is 0.331. The number of carbonyl (C=O) groups is 1. The van der Waals surface area contributed by atoms with Crippen molar-refractivity contribution in [1.82, 2.24) is 0 Å². The van der Waals surface area contributed by atoms with E-state index in [0.717, 1.165) is 55.9 Å². The highest BCUT2D eigenvalue weighted by Gasteiger charge is 2.09. The van der Waals surface area contributed by atoms with Crippen LogP contribution in [-0.4, -0.2) is 24.3 Å². The van der Waals surface area contributed by atoms with Crippen molar-refractivity contribution in [1.29, 1.82) is 0 Å². The van der Waals surface area contributed by atoms with Gasteiger partial charge in [0, 0.05) is 11.4 Å². The molecule has 0 spiro atoms. The van der Waals surface area contributed by atoms with Crippen molar-refractivity contribution >= 4 is 22.9 Å². The van der Waals surface area contributed by atoms with Crippen LogP contribution in [0, 0.1) is 6.92 Å². The summed E-state index contributed by atoms with van der Waals surface area (Å²) in [7, 11) is 0. The number of nitrogen functional groups attached to an aromatic ring is 2. The van der Waals surface area contributed by atoms with Crippen molar-refractivity contribution in [3.05, 3.63) is 138 Å². The molecule has 0 atom stereocenters. The first-order valence-electron chi connectivity index (χ1n) is 13.6. The third-order valence-corrected chi connectivity index (χ3v) is 6.87. The van der Waals surface area contributed by atoms with Gasteiger partial charge in [0.2, 0.25) is 0 Å². The van der Waals surface area contributed by atoms with Gasteiger partial charge in [0.15, 0.2) is 6.61 Å². The standard InChI is InChI=1S/C36H32N2O4/c1-24-20-33(16-17-35(24)42-23-36(39)40)41-19-18-34(27-12-8-25(9-13-27)29-4-2-6-31(37)21-29)28-14-10-26(11-15-28)30-5-3-7-32(38)22-30/h2-18,20-22H,19,23,37-38H2,1H3,(H,39,40). The molecule has 0 heterocycles. The van der Waals surface area contributed by atoms with Gasteiger partial charge >= 0.3 is 5.97 Å². The van der Waals surface area contributed by atoms with E-state index < -0.39 is 5.97 Å². The number of aryl methyl sites for hydroxylation is 1. The van der Waals surface area contributed by atoms with Crippen LogP contribution in [0.4, 0.5) is 11.4 Å². The van der Waals surface area contributed by atoms with Gasteiger partial charge in [-0.2, -0.15) is 0 Å². The van der Waals surface area contributed by atoms with E-state index in [0.29, 0.717) is 18.1 Å². The molecule has 6 nitrogen and oxygen atoms in total. The molecule has 0 bridgehead atoms. The lowest BCUT2D eigenvalue weighted by Crippen LogP contribution is -2.10. The number of ether oxygens (including phenoxy) is 2. The van der Waals surface area contributed by atoms with E-state index in [9.17, 15) is 4.79 Å². The van der Waals surface area contributed by atoms with Gasteiger partial charge in [-0.3, -0.25) is 0 Å². The van der Waals surface area contributed by atoms with E-state index >= 15 is 0 Å². The largest absolute Gasteiger partial charge is 0.489 e. The number of hydrogen-bond acceptors (Lipinski definition) is 5. The average molecular weight is 557 g/mol. The Morgan fingerprint density at radius 3 is 1.71 bits per heavy atom. The Labute approximate surface area is 245 Å². The summed E-state index contributed by atoms with van der Waals surface area (Å²) in [6.45, 7) is 1.80. The summed E-state index contributed by atoms with van der Waals surface area (Å²) >= 11 is 0. The molecule has 6 heteroatoms. The molecule has 0 aliphatic rings. The van der Waals surface area contributed by atoms with Gasteiger partial charge in [-0.25, -0.2) is 4.79 Å². The lowest BCUT2D eigenvalue weighted by atomic mass is 9.94. The van der Waals surface area contributed by atoms with Crippen LogP contribution in [0.5, 0.6) is 11.5 Å². The maximum Gasteiger partial charge on any atom is 0.341 e. The first-order chi connectivity index (χ1) is 20.4. The van der Waals surface area contributed by atoms with E-state index in [4.69, 9.17) is 26.0 Å². The monoisotopic (exact) mass is 556 g/mol. The topological polar surface area (TPSA) is 108 Å². The van der Waals surface area contributed by atoms with Crippen LogP contribution in [0.2, 0.25) is 0 Å². The molecule has 0 saturated heterocycles. The summed E-state index contributed by atoms with van der Waals surface area (Å²) < 4.78 is 11.4. The zero-order chi connectivity index (χ0) is 29.5. The lowest BCUT2D eigenvalue weighted by Gasteiger charge is -2.13. The van der Waals surface area contributed by atoms with Crippen molar-refractivity contribution in [2.45, 2.75) is 6.92 Å². The molecule has 0 aliphatic carbocycles. The zero-order valence-corrected chi connectivity index (χ0v) is 23.3. The molecule has 5 rings (SSSR count). The Kier molecular flexibility index (Phi) is 8.54. The van der Waals surface area contributed by atoms with Crippen LogP contribution >= 0.6 is 0 Å². The highest BCUT2D eigenvalue weighted by atomic mass is 16.5. The number of nitrogens with two attached hydrogens (primary N) is 2. The van der Waals surface area contributed by atoms with Gasteiger partial charge in [0.1, 0.15) is 18.1 Å². The second-order valence-corrected chi connectivity index (χ2v) is 9.94. The van der Waals surface area contributed by atoms with Crippen molar-refractivity contribution in [3.8, 4) is 33.8 Å². The van der Waals surface area contributed by atoms with E-state index in [1.54, 1.807) is 12.1 Å². The fourth-order valence-electron chi connectivity index (χ4n) is 4.76. The molecule has 0 saturated carbocycles. The Hall–Kier alpha value is -5.49. The third kappa shape index (κ3) is 6.98. The molecular weight excluding hydrogens is 524 g/mol. The molecule has 5 aromatic rings. The molecule has 42 heavy (non-hydrogen) atoms. The van der Waals surface area contributed by atoms with Crippen LogP contribution in [-0.2, 0) is 4.79 Å². The first kappa shape index (κ1) is 28.1. The Bertz CT molecular complexity index is 1630. The maximum atomic E-state index is 10.8. The molecule has 5 aromatic carbocycles. The van der Waals surface area contributed by atoms with Gasteiger partial charge in [-0.1, -0.05) is 72.8 Å². The first-order valence-corrected chi connectivity index (χ1v) is 13.6. The third-order valence-electron chi connectivity index (χ3n) is 6.87. The van der Waals surface area contributed by atoms with E-state index in [1.807, 2.05) is 61.5 Å². The van der Waals surface area contributed by atoms with Crippen molar-refractivity contribution in [2.75, 3.05) is 24.7 Å². The van der Waals surface area contributed by atoms with Gasteiger partial charge in [0.25, 0.3) is 0 Å². The maximum absolute atomic E-state index is 10.8. The fourth-order valence-corrected chi connectivity index (χ4v) is 4.76. The van der Waals surface area contributed by atoms with Crippen LogP contribution < -0.4 is 20.9 Å². The molecule has 0 radical (unpaired) electrons. The summed E-state index contributed by atoms with van der Waals surface area (Å²) in [5.41, 5.74) is 21.7. The van der Waals surface area contributed by atoms with Crippen LogP contribution in [0.15, 0.2) is 121 Å². The summed E-state index contributed by atoms with van der Waals surface area (Å²) in [6, 6.07) is 37.8. The summed E-state index contributed by atoms with van der Waals surface area (Å²) in [5, 5.41) is 8.88. The van der Waals surface area contributed by atoms with Crippen LogP contribution in [0.3, 0.4) is 0 Å². The summed E-state index contributed by atoms with van der Waals surface area (Å²) in [6.07, 6.45) is 2.06. The number of anilines is 2. The molecule has 5 N–H and O–H groups in total. The minimum atomic E-state index is -1.02. The Morgan fingerprint density at radius 1 is 0.690 bits per heavy atom. The minimum Gasteiger partial charge on any atom is -0.489 e. The average Bonchev–Trinajstić information content (AvgIpc) is 2.99. The Morgan fingerprint density at radius 2 is 1.24 bits per heavy atom. The molecule has 0 aliphatic heterocycles. The lowest BCUT2D eigenvalue weighted by molar-refractivity contribution is -0.139.